The number of anilines is 1. The third-order valence-corrected chi connectivity index (χ3v) is 4.30. The van der Waals surface area contributed by atoms with E-state index in [1.165, 1.54) is 11.8 Å². The summed E-state index contributed by atoms with van der Waals surface area (Å²) in [6.07, 6.45) is 0.585. The lowest BCUT2D eigenvalue weighted by Crippen LogP contribution is -2.36. The van der Waals surface area contributed by atoms with Crippen molar-refractivity contribution in [1.82, 2.24) is 0 Å². The number of unbranched alkanes of at least 4 members (excludes halogenated alkanes) is 1. The molecule has 22 heavy (non-hydrogen) atoms. The quantitative estimate of drug-likeness (QED) is 0.242. The Morgan fingerprint density at radius 2 is 2.14 bits per heavy atom. The Balaban J connectivity index is 2.39. The highest BCUT2D eigenvalue weighted by Crippen LogP contribution is 2.28. The van der Waals surface area contributed by atoms with E-state index in [9.17, 15) is 9.59 Å². The molecule has 4 N–H and O–H groups in total. The maximum absolute atomic E-state index is 11.6. The fourth-order valence-electron chi connectivity index (χ4n) is 1.39. The van der Waals surface area contributed by atoms with Crippen LogP contribution < -0.4 is 11.5 Å². The molecule has 0 aliphatic rings. The van der Waals surface area contributed by atoms with Crippen molar-refractivity contribution in [3.8, 4) is 0 Å². The van der Waals surface area contributed by atoms with Gasteiger partial charge in [-0.15, -0.1) is 11.8 Å². The fraction of sp³-hybridized carbons (Fsp3) is 0.429. The molecular formula is C14H19BrN2O4S. The zero-order valence-corrected chi connectivity index (χ0v) is 14.6. The van der Waals surface area contributed by atoms with Crippen LogP contribution >= 0.6 is 27.7 Å². The SMILES string of the molecule is CCCCOC(=O)OC(=O)[C@@H](N)CSc1ccc(Br)cc1N. The van der Waals surface area contributed by atoms with Crippen LogP contribution in [0.3, 0.4) is 0 Å². The maximum Gasteiger partial charge on any atom is 0.516 e. The minimum absolute atomic E-state index is 0.224. The standard InChI is InChI=1S/C14H19BrN2O4S/c1-2-3-6-20-14(19)21-13(18)11(17)8-22-12-5-4-9(15)7-10(12)16/h4-5,7,11H,2-3,6,8,16-17H2,1H3/t11-/m0/s1. The molecule has 1 aromatic rings. The molecule has 0 amide bonds. The van der Waals surface area contributed by atoms with Crippen LogP contribution in [0.25, 0.3) is 0 Å². The molecule has 0 spiro atoms. The average Bonchev–Trinajstić information content (AvgIpc) is 2.46. The summed E-state index contributed by atoms with van der Waals surface area (Å²) in [5, 5.41) is 0. The van der Waals surface area contributed by atoms with Gasteiger partial charge < -0.3 is 20.9 Å². The number of benzene rings is 1. The number of rotatable bonds is 7. The molecule has 122 valence electrons. The number of hydrogen-bond acceptors (Lipinski definition) is 7. The topological polar surface area (TPSA) is 105 Å². The average molecular weight is 391 g/mol. The molecule has 0 heterocycles. The molecule has 0 aliphatic heterocycles. The van der Waals surface area contributed by atoms with E-state index in [1.54, 1.807) is 6.07 Å². The van der Waals surface area contributed by atoms with Gasteiger partial charge >= 0.3 is 12.1 Å². The fourth-order valence-corrected chi connectivity index (χ4v) is 2.65. The second kappa shape index (κ2) is 9.70. The minimum Gasteiger partial charge on any atom is -0.434 e. The first-order valence-corrected chi connectivity index (χ1v) is 8.53. The van der Waals surface area contributed by atoms with E-state index in [-0.39, 0.29) is 12.4 Å². The Kier molecular flexibility index (Phi) is 8.29. The van der Waals surface area contributed by atoms with Crippen molar-refractivity contribution in [2.24, 2.45) is 5.73 Å². The van der Waals surface area contributed by atoms with Crippen LogP contribution in [0.5, 0.6) is 0 Å². The maximum atomic E-state index is 11.6. The molecule has 0 aliphatic carbocycles. The third-order valence-electron chi connectivity index (χ3n) is 2.59. The van der Waals surface area contributed by atoms with Crippen molar-refractivity contribution in [3.05, 3.63) is 22.7 Å². The molecule has 0 saturated carbocycles. The number of nitrogen functional groups attached to an aromatic ring is 1. The van der Waals surface area contributed by atoms with E-state index < -0.39 is 18.2 Å². The molecule has 1 aromatic carbocycles. The molecular weight excluding hydrogens is 372 g/mol. The third kappa shape index (κ3) is 6.67. The molecule has 0 saturated heterocycles. The largest absolute Gasteiger partial charge is 0.516 e. The predicted octanol–water partition coefficient (Wildman–Crippen LogP) is 2.93. The number of thioether (sulfide) groups is 1. The number of hydrogen-bond donors (Lipinski definition) is 2. The van der Waals surface area contributed by atoms with Crippen molar-refractivity contribution >= 4 is 45.5 Å². The smallest absolute Gasteiger partial charge is 0.434 e. The van der Waals surface area contributed by atoms with Crippen LogP contribution in [0.2, 0.25) is 0 Å². The highest BCUT2D eigenvalue weighted by molar-refractivity contribution is 9.10. The lowest BCUT2D eigenvalue weighted by molar-refractivity contribution is -0.140. The highest BCUT2D eigenvalue weighted by atomic mass is 79.9. The van der Waals surface area contributed by atoms with Gasteiger partial charge in [0.25, 0.3) is 0 Å². The summed E-state index contributed by atoms with van der Waals surface area (Å²) in [4.78, 5) is 23.7. The first-order valence-electron chi connectivity index (χ1n) is 6.76. The van der Waals surface area contributed by atoms with Crippen LogP contribution in [-0.4, -0.2) is 30.5 Å². The Labute approximate surface area is 142 Å². The van der Waals surface area contributed by atoms with Gasteiger partial charge in [-0.1, -0.05) is 29.3 Å². The number of ether oxygens (including phenoxy) is 2. The van der Waals surface area contributed by atoms with E-state index in [0.29, 0.717) is 12.1 Å². The number of carbonyl (C=O) groups is 2. The molecule has 1 atom stereocenters. The van der Waals surface area contributed by atoms with E-state index in [1.807, 2.05) is 19.1 Å². The summed E-state index contributed by atoms with van der Waals surface area (Å²) < 4.78 is 10.1. The Bertz CT molecular complexity index is 528. The molecule has 8 heteroatoms. The molecule has 0 radical (unpaired) electrons. The normalized spacial score (nSPS) is 11.8. The summed E-state index contributed by atoms with van der Waals surface area (Å²) in [5.74, 6) is -0.572. The molecule has 0 aromatic heterocycles. The second-order valence-electron chi connectivity index (χ2n) is 4.47. The summed E-state index contributed by atoms with van der Waals surface area (Å²) in [6.45, 7) is 2.18. The minimum atomic E-state index is -1.01. The van der Waals surface area contributed by atoms with Gasteiger partial charge in [-0.2, -0.15) is 0 Å². The molecule has 0 bridgehead atoms. The lowest BCUT2D eigenvalue weighted by atomic mass is 10.3. The van der Waals surface area contributed by atoms with Crippen LogP contribution in [-0.2, 0) is 14.3 Å². The van der Waals surface area contributed by atoms with Crippen LogP contribution in [0.4, 0.5) is 10.5 Å². The zero-order chi connectivity index (χ0) is 16.5. The monoisotopic (exact) mass is 390 g/mol. The van der Waals surface area contributed by atoms with Gasteiger partial charge in [0.2, 0.25) is 0 Å². The Morgan fingerprint density at radius 3 is 2.77 bits per heavy atom. The lowest BCUT2D eigenvalue weighted by Gasteiger charge is -2.11. The first-order chi connectivity index (χ1) is 10.4. The van der Waals surface area contributed by atoms with Crippen LogP contribution in [0, 0.1) is 0 Å². The van der Waals surface area contributed by atoms with E-state index in [4.69, 9.17) is 16.2 Å². The van der Waals surface area contributed by atoms with Gasteiger partial charge in [0.05, 0.1) is 6.61 Å². The summed E-state index contributed by atoms with van der Waals surface area (Å²) >= 11 is 4.63. The predicted molar refractivity (Wildman–Crippen MR) is 89.6 cm³/mol. The molecule has 1 rings (SSSR count). The highest BCUT2D eigenvalue weighted by Gasteiger charge is 2.20. The number of esters is 1. The Morgan fingerprint density at radius 1 is 1.41 bits per heavy atom. The second-order valence-corrected chi connectivity index (χ2v) is 6.45. The molecule has 0 fully saturated rings. The molecule has 0 unspecified atom stereocenters. The summed E-state index contributed by atoms with van der Waals surface area (Å²) in [5.41, 5.74) is 12.1. The van der Waals surface area contributed by atoms with E-state index in [2.05, 4.69) is 20.7 Å². The van der Waals surface area contributed by atoms with Gasteiger partial charge in [0, 0.05) is 20.8 Å². The van der Waals surface area contributed by atoms with E-state index in [0.717, 1.165) is 15.8 Å². The van der Waals surface area contributed by atoms with Crippen LogP contribution in [0.15, 0.2) is 27.6 Å². The van der Waals surface area contributed by atoms with Crippen molar-refractivity contribution < 1.29 is 19.1 Å². The summed E-state index contributed by atoms with van der Waals surface area (Å²) in [6, 6.07) is 4.48. The van der Waals surface area contributed by atoms with Gasteiger partial charge in [0.1, 0.15) is 6.04 Å². The Hall–Kier alpha value is -1.25. The van der Waals surface area contributed by atoms with Gasteiger partial charge in [-0.3, -0.25) is 0 Å². The van der Waals surface area contributed by atoms with Crippen molar-refractivity contribution in [2.75, 3.05) is 18.1 Å². The van der Waals surface area contributed by atoms with Gasteiger partial charge in [0.15, 0.2) is 0 Å². The number of halogens is 1. The van der Waals surface area contributed by atoms with Crippen molar-refractivity contribution in [3.63, 3.8) is 0 Å². The molecule has 6 nitrogen and oxygen atoms in total. The van der Waals surface area contributed by atoms with Gasteiger partial charge in [-0.25, -0.2) is 9.59 Å². The van der Waals surface area contributed by atoms with Crippen LogP contribution in [0.1, 0.15) is 19.8 Å². The number of nitrogens with two attached hydrogens (primary N) is 2. The van der Waals surface area contributed by atoms with E-state index >= 15 is 0 Å². The van der Waals surface area contributed by atoms with Gasteiger partial charge in [-0.05, 0) is 24.6 Å². The summed E-state index contributed by atoms with van der Waals surface area (Å²) in [7, 11) is 0. The first kappa shape index (κ1) is 18.8. The van der Waals surface area contributed by atoms with Crippen molar-refractivity contribution in [1.29, 1.82) is 0 Å². The van der Waals surface area contributed by atoms with Crippen molar-refractivity contribution in [2.45, 2.75) is 30.7 Å². The zero-order valence-electron chi connectivity index (χ0n) is 12.2. The number of carbonyl (C=O) groups excluding carboxylic acids is 2.